The van der Waals surface area contributed by atoms with Gasteiger partial charge in [0, 0.05) is 5.41 Å². The summed E-state index contributed by atoms with van der Waals surface area (Å²) < 4.78 is 0. The lowest BCUT2D eigenvalue weighted by molar-refractivity contribution is -0.215. The Morgan fingerprint density at radius 3 is 2.12 bits per heavy atom. The standard InChI is InChI=1S/C30H50O2/c1-18-11-14-28(6)24(32)17-30(8)20(25(28)19(18)2)9-10-22-27(5)15-13-23(31)26(3,4)21(27)12-16-29(22,30)7/h9,18-19,21-25,31-32H,10-17H2,1-8H3/t18?,19-,21?,22?,23-,24-,25?,27-,28+,29+,30?/m0/s1. The van der Waals surface area contributed by atoms with E-state index in [9.17, 15) is 10.2 Å². The Labute approximate surface area is 197 Å². The minimum Gasteiger partial charge on any atom is -0.393 e. The van der Waals surface area contributed by atoms with Gasteiger partial charge in [0.2, 0.25) is 0 Å². The lowest BCUT2D eigenvalue weighted by atomic mass is 9.33. The Balaban J connectivity index is 1.61. The fourth-order valence-electron chi connectivity index (χ4n) is 10.9. The van der Waals surface area contributed by atoms with Crippen molar-refractivity contribution in [2.45, 2.75) is 119 Å². The molecule has 0 saturated heterocycles. The summed E-state index contributed by atoms with van der Waals surface area (Å²) in [5.41, 5.74) is 2.34. The van der Waals surface area contributed by atoms with E-state index < -0.39 is 0 Å². The molecule has 0 aromatic heterocycles. The van der Waals surface area contributed by atoms with Crippen molar-refractivity contribution < 1.29 is 10.2 Å². The fourth-order valence-corrected chi connectivity index (χ4v) is 10.9. The van der Waals surface area contributed by atoms with Gasteiger partial charge in [-0.25, -0.2) is 0 Å². The van der Waals surface area contributed by atoms with Gasteiger partial charge in [0.05, 0.1) is 12.2 Å². The van der Waals surface area contributed by atoms with Gasteiger partial charge in [-0.2, -0.15) is 0 Å². The SMILES string of the molecule is CC1CC[C@@]2(C)C(C3=CCC4[C@@]5(C)CC[C@H](O)C(C)(C)C5CC[C@@]4(C)C3(C)C[C@@H]2O)[C@H]1C. The molecule has 2 heteroatoms. The lowest BCUT2D eigenvalue weighted by Gasteiger charge is -2.72. The highest BCUT2D eigenvalue weighted by Gasteiger charge is 2.69. The number of allylic oxidation sites excluding steroid dienone is 2. The molecule has 0 heterocycles. The first-order valence-electron chi connectivity index (χ1n) is 13.8. The number of aliphatic hydroxyl groups excluding tert-OH is 2. The molecule has 4 fully saturated rings. The minimum absolute atomic E-state index is 0.00278. The number of hydrogen-bond donors (Lipinski definition) is 2. The molecule has 2 N–H and O–H groups in total. The molecule has 0 aliphatic heterocycles. The van der Waals surface area contributed by atoms with Gasteiger partial charge in [-0.3, -0.25) is 0 Å². The number of rotatable bonds is 0. The molecular weight excluding hydrogens is 392 g/mol. The van der Waals surface area contributed by atoms with Crippen LogP contribution in [0.1, 0.15) is 107 Å². The molecule has 32 heavy (non-hydrogen) atoms. The molecule has 0 radical (unpaired) electrons. The van der Waals surface area contributed by atoms with Crippen LogP contribution in [-0.2, 0) is 0 Å². The van der Waals surface area contributed by atoms with Crippen LogP contribution in [0.15, 0.2) is 11.6 Å². The van der Waals surface area contributed by atoms with Gasteiger partial charge < -0.3 is 10.2 Å². The molecule has 2 nitrogen and oxygen atoms in total. The average molecular weight is 443 g/mol. The molecule has 5 unspecified atom stereocenters. The van der Waals surface area contributed by atoms with E-state index in [4.69, 9.17) is 0 Å². The summed E-state index contributed by atoms with van der Waals surface area (Å²) in [7, 11) is 0. The highest BCUT2D eigenvalue weighted by atomic mass is 16.3. The number of fused-ring (bicyclic) bond motifs is 7. The minimum atomic E-state index is -0.199. The highest BCUT2D eigenvalue weighted by Crippen LogP contribution is 2.75. The smallest absolute Gasteiger partial charge is 0.0608 e. The van der Waals surface area contributed by atoms with Gasteiger partial charge >= 0.3 is 0 Å². The molecule has 0 aromatic rings. The molecule has 0 amide bonds. The second-order valence-electron chi connectivity index (χ2n) is 14.7. The van der Waals surface area contributed by atoms with Crippen molar-refractivity contribution in [1.82, 2.24) is 0 Å². The molecule has 4 saturated carbocycles. The largest absolute Gasteiger partial charge is 0.393 e. The fraction of sp³-hybridized carbons (Fsp3) is 0.933. The Kier molecular flexibility index (Phi) is 5.02. The van der Waals surface area contributed by atoms with Crippen LogP contribution in [0.5, 0.6) is 0 Å². The second-order valence-corrected chi connectivity index (χ2v) is 14.7. The maximum absolute atomic E-state index is 11.7. The lowest BCUT2D eigenvalue weighted by Crippen LogP contribution is -2.66. The van der Waals surface area contributed by atoms with E-state index in [0.29, 0.717) is 23.7 Å². The normalized spacial score (nSPS) is 59.2. The summed E-state index contributed by atoms with van der Waals surface area (Å²) >= 11 is 0. The van der Waals surface area contributed by atoms with E-state index in [1.54, 1.807) is 5.57 Å². The van der Waals surface area contributed by atoms with E-state index in [1.165, 1.54) is 32.1 Å². The first kappa shape index (κ1) is 23.4. The van der Waals surface area contributed by atoms with Crippen molar-refractivity contribution in [2.24, 2.45) is 56.7 Å². The average Bonchev–Trinajstić information content (AvgIpc) is 2.70. The van der Waals surface area contributed by atoms with E-state index >= 15 is 0 Å². The van der Waals surface area contributed by atoms with E-state index in [0.717, 1.165) is 25.2 Å². The van der Waals surface area contributed by atoms with Crippen molar-refractivity contribution in [2.75, 3.05) is 0 Å². The highest BCUT2D eigenvalue weighted by molar-refractivity contribution is 5.35. The number of hydrogen-bond acceptors (Lipinski definition) is 2. The van der Waals surface area contributed by atoms with Gasteiger partial charge in [-0.15, -0.1) is 0 Å². The molecule has 0 bridgehead atoms. The van der Waals surface area contributed by atoms with Gasteiger partial charge in [-0.1, -0.05) is 67.0 Å². The third-order valence-corrected chi connectivity index (χ3v) is 13.5. The van der Waals surface area contributed by atoms with Crippen molar-refractivity contribution in [3.8, 4) is 0 Å². The first-order chi connectivity index (χ1) is 14.7. The monoisotopic (exact) mass is 442 g/mol. The van der Waals surface area contributed by atoms with E-state index in [2.05, 4.69) is 61.5 Å². The summed E-state index contributed by atoms with van der Waals surface area (Å²) in [6.07, 6.45) is 11.4. The third-order valence-electron chi connectivity index (χ3n) is 13.5. The topological polar surface area (TPSA) is 40.5 Å². The zero-order valence-corrected chi connectivity index (χ0v) is 22.2. The zero-order chi connectivity index (χ0) is 23.5. The maximum atomic E-state index is 11.7. The second kappa shape index (κ2) is 6.87. The van der Waals surface area contributed by atoms with Crippen LogP contribution >= 0.6 is 0 Å². The van der Waals surface area contributed by atoms with Crippen molar-refractivity contribution >= 4 is 0 Å². The number of aliphatic hydroxyl groups is 2. The molecule has 5 aliphatic carbocycles. The van der Waals surface area contributed by atoms with Crippen molar-refractivity contribution in [3.05, 3.63) is 11.6 Å². The van der Waals surface area contributed by atoms with Crippen LogP contribution in [0.2, 0.25) is 0 Å². The van der Waals surface area contributed by atoms with Crippen LogP contribution in [0, 0.1) is 56.7 Å². The summed E-state index contributed by atoms with van der Waals surface area (Å²) in [4.78, 5) is 0. The Morgan fingerprint density at radius 2 is 1.44 bits per heavy atom. The third kappa shape index (κ3) is 2.61. The quantitative estimate of drug-likeness (QED) is 0.397. The molecule has 0 aromatic carbocycles. The summed E-state index contributed by atoms with van der Waals surface area (Å²) in [6.45, 7) is 19.7. The van der Waals surface area contributed by atoms with Gasteiger partial charge in [0.15, 0.2) is 0 Å². The summed E-state index contributed by atoms with van der Waals surface area (Å²) in [5.74, 6) is 3.13. The zero-order valence-electron chi connectivity index (χ0n) is 22.2. The molecular formula is C30H50O2. The molecule has 0 spiro atoms. The molecule has 11 atom stereocenters. The first-order valence-corrected chi connectivity index (χ1v) is 13.8. The van der Waals surface area contributed by atoms with E-state index in [1.807, 2.05) is 0 Å². The Hall–Kier alpha value is -0.340. The summed E-state index contributed by atoms with van der Waals surface area (Å²) in [6, 6.07) is 0. The van der Waals surface area contributed by atoms with Gasteiger partial charge in [0.1, 0.15) is 0 Å². The predicted octanol–water partition coefficient (Wildman–Crippen LogP) is 7.00. The summed E-state index contributed by atoms with van der Waals surface area (Å²) in [5, 5.41) is 22.6. The van der Waals surface area contributed by atoms with Crippen molar-refractivity contribution in [3.63, 3.8) is 0 Å². The predicted molar refractivity (Wildman–Crippen MR) is 132 cm³/mol. The molecule has 5 aliphatic rings. The Bertz CT molecular complexity index is 814. The van der Waals surface area contributed by atoms with Crippen LogP contribution in [0.25, 0.3) is 0 Å². The van der Waals surface area contributed by atoms with Crippen molar-refractivity contribution in [1.29, 1.82) is 0 Å². The van der Waals surface area contributed by atoms with E-state index in [-0.39, 0.29) is 39.3 Å². The molecule has 5 rings (SSSR count). The van der Waals surface area contributed by atoms with Crippen LogP contribution < -0.4 is 0 Å². The molecule has 182 valence electrons. The van der Waals surface area contributed by atoms with Crippen LogP contribution in [0.4, 0.5) is 0 Å². The van der Waals surface area contributed by atoms with Crippen LogP contribution in [0.3, 0.4) is 0 Å². The van der Waals surface area contributed by atoms with Crippen LogP contribution in [-0.4, -0.2) is 22.4 Å². The van der Waals surface area contributed by atoms with Gasteiger partial charge in [0.25, 0.3) is 0 Å². The maximum Gasteiger partial charge on any atom is 0.0608 e. The Morgan fingerprint density at radius 1 is 0.781 bits per heavy atom. The van der Waals surface area contributed by atoms with Gasteiger partial charge in [-0.05, 0) is 103 Å².